The van der Waals surface area contributed by atoms with Crippen molar-refractivity contribution in [3.8, 4) is 0 Å². The Labute approximate surface area is 190 Å². The molecule has 3 rings (SSSR count). The fraction of sp³-hybridized carbons (Fsp3) is 0.182. The van der Waals surface area contributed by atoms with Gasteiger partial charge in [-0.2, -0.15) is 0 Å². The topological polar surface area (TPSA) is 102 Å². The molecule has 156 valence electrons. The van der Waals surface area contributed by atoms with Crippen molar-refractivity contribution in [1.29, 1.82) is 0 Å². The van der Waals surface area contributed by atoms with Gasteiger partial charge in [0.1, 0.15) is 5.82 Å². The maximum Gasteiger partial charge on any atom is 0.240 e. The Bertz CT molecular complexity index is 1120. The number of nitrogen functional groups attached to an aromatic ring is 1. The van der Waals surface area contributed by atoms with Crippen LogP contribution < -0.4 is 10.5 Å². The van der Waals surface area contributed by atoms with E-state index in [0.717, 1.165) is 27.7 Å². The molecular weight excluding hydrogens is 513 g/mol. The number of ketones is 1. The lowest BCUT2D eigenvalue weighted by Crippen LogP contribution is -2.26. The Morgan fingerprint density at radius 2 is 1.67 bits per heavy atom. The number of aryl methyl sites for hydroxylation is 2. The minimum Gasteiger partial charge on any atom is -0.384 e. The molecule has 0 aliphatic carbocycles. The first-order chi connectivity index (χ1) is 14.3. The highest BCUT2D eigenvalue weighted by Crippen LogP contribution is 2.13. The largest absolute Gasteiger partial charge is 0.384 e. The van der Waals surface area contributed by atoms with E-state index in [1.807, 2.05) is 24.3 Å². The minimum absolute atomic E-state index is 0.0516. The summed E-state index contributed by atoms with van der Waals surface area (Å²) in [5.41, 5.74) is 8.28. The summed E-state index contributed by atoms with van der Waals surface area (Å²) in [6, 6.07) is 19.5. The molecule has 6 nitrogen and oxygen atoms in total. The molecule has 3 aromatic rings. The summed E-state index contributed by atoms with van der Waals surface area (Å²) in [5, 5.41) is 0. The first kappa shape index (κ1) is 22.4. The molecule has 1 heterocycles. The van der Waals surface area contributed by atoms with Crippen molar-refractivity contribution in [2.45, 2.75) is 24.2 Å². The zero-order valence-corrected chi connectivity index (χ0v) is 19.2. The van der Waals surface area contributed by atoms with Gasteiger partial charge in [-0.25, -0.2) is 18.1 Å². The van der Waals surface area contributed by atoms with Gasteiger partial charge in [-0.3, -0.25) is 4.79 Å². The van der Waals surface area contributed by atoms with Crippen LogP contribution in [0.4, 0.5) is 5.82 Å². The van der Waals surface area contributed by atoms with Gasteiger partial charge in [0.2, 0.25) is 10.0 Å². The van der Waals surface area contributed by atoms with Gasteiger partial charge < -0.3 is 5.73 Å². The van der Waals surface area contributed by atoms with Gasteiger partial charge in [0.15, 0.2) is 5.78 Å². The highest BCUT2D eigenvalue weighted by Gasteiger charge is 2.14. The molecule has 3 N–H and O–H groups in total. The molecule has 0 radical (unpaired) electrons. The molecule has 2 aromatic carbocycles. The van der Waals surface area contributed by atoms with Crippen molar-refractivity contribution in [2.24, 2.45) is 0 Å². The van der Waals surface area contributed by atoms with Crippen LogP contribution in [0, 0.1) is 3.57 Å². The summed E-state index contributed by atoms with van der Waals surface area (Å²) in [6.07, 6.45) is 1.65. The quantitative estimate of drug-likeness (QED) is 0.322. The molecule has 30 heavy (non-hydrogen) atoms. The monoisotopic (exact) mass is 535 g/mol. The third-order valence-corrected chi connectivity index (χ3v) is 6.74. The number of pyridine rings is 1. The number of rotatable bonds is 9. The molecule has 1 aromatic heterocycles. The number of carbonyl (C=O) groups excluding carboxylic acids is 1. The molecular formula is C22H22IN3O3S. The number of nitrogens with one attached hydrogen (secondary N) is 1. The second-order valence-corrected chi connectivity index (χ2v) is 9.79. The van der Waals surface area contributed by atoms with E-state index < -0.39 is 10.0 Å². The summed E-state index contributed by atoms with van der Waals surface area (Å²) in [5.74, 6) is 0.399. The molecule has 0 saturated carbocycles. The normalized spacial score (nSPS) is 11.4. The van der Waals surface area contributed by atoms with Gasteiger partial charge in [-0.15, -0.1) is 0 Å². The number of carbonyl (C=O) groups is 1. The summed E-state index contributed by atoms with van der Waals surface area (Å²) < 4.78 is 28.0. The number of anilines is 1. The van der Waals surface area contributed by atoms with E-state index >= 15 is 0 Å². The third kappa shape index (κ3) is 6.35. The summed E-state index contributed by atoms with van der Waals surface area (Å²) in [4.78, 5) is 16.9. The number of aromatic nitrogens is 1. The summed E-state index contributed by atoms with van der Waals surface area (Å²) >= 11 is 2.11. The van der Waals surface area contributed by atoms with Gasteiger partial charge in [0.25, 0.3) is 0 Å². The van der Waals surface area contributed by atoms with Crippen LogP contribution in [0.25, 0.3) is 0 Å². The predicted molar refractivity (Wildman–Crippen MR) is 126 cm³/mol. The lowest BCUT2D eigenvalue weighted by atomic mass is 10.0. The molecule has 0 unspecified atom stereocenters. The van der Waals surface area contributed by atoms with Crippen molar-refractivity contribution < 1.29 is 13.2 Å². The molecule has 8 heteroatoms. The number of hydrogen-bond acceptors (Lipinski definition) is 5. The van der Waals surface area contributed by atoms with Gasteiger partial charge in [-0.1, -0.05) is 30.3 Å². The summed E-state index contributed by atoms with van der Waals surface area (Å²) in [7, 11) is -3.62. The predicted octanol–water partition coefficient (Wildman–Crippen LogP) is 3.60. The van der Waals surface area contributed by atoms with Gasteiger partial charge in [-0.05, 0) is 77.4 Å². The minimum atomic E-state index is -3.62. The average molecular weight is 535 g/mol. The van der Waals surface area contributed by atoms with Crippen LogP contribution in [0.15, 0.2) is 71.6 Å². The number of nitrogens with zero attached hydrogens (tertiary/aromatic N) is 1. The maximum atomic E-state index is 12.4. The zero-order chi connectivity index (χ0) is 21.6. The number of sulfonamides is 1. The molecule has 0 bridgehead atoms. The van der Waals surface area contributed by atoms with Crippen LogP contribution in [-0.2, 0) is 22.9 Å². The summed E-state index contributed by atoms with van der Waals surface area (Å²) in [6.45, 7) is 0.0516. The molecule has 0 aliphatic rings. The number of Topliss-reactive ketones (excluding diaryl/α,β-unsaturated/α-hetero) is 1. The third-order valence-electron chi connectivity index (χ3n) is 4.54. The molecule has 0 amide bonds. The molecule has 0 aliphatic heterocycles. The molecule has 0 spiro atoms. The maximum absolute atomic E-state index is 12.4. The van der Waals surface area contributed by atoms with Crippen molar-refractivity contribution in [2.75, 3.05) is 12.3 Å². The van der Waals surface area contributed by atoms with E-state index in [9.17, 15) is 13.2 Å². The number of hydrogen-bond donors (Lipinski definition) is 2. The van der Waals surface area contributed by atoms with E-state index in [4.69, 9.17) is 5.73 Å². The molecule has 0 fully saturated rings. The van der Waals surface area contributed by atoms with Crippen LogP contribution in [-0.4, -0.2) is 25.7 Å². The fourth-order valence-corrected chi connectivity index (χ4v) is 4.30. The van der Waals surface area contributed by atoms with E-state index in [1.54, 1.807) is 42.5 Å². The van der Waals surface area contributed by atoms with E-state index in [0.29, 0.717) is 11.4 Å². The Morgan fingerprint density at radius 3 is 2.33 bits per heavy atom. The van der Waals surface area contributed by atoms with Crippen LogP contribution in [0.2, 0.25) is 0 Å². The number of nitrogens with two attached hydrogens (primary N) is 1. The highest BCUT2D eigenvalue weighted by molar-refractivity contribution is 14.1. The lowest BCUT2D eigenvalue weighted by Gasteiger charge is -2.07. The van der Waals surface area contributed by atoms with E-state index in [-0.39, 0.29) is 23.6 Å². The first-order valence-electron chi connectivity index (χ1n) is 9.42. The van der Waals surface area contributed by atoms with Crippen LogP contribution in [0.5, 0.6) is 0 Å². The van der Waals surface area contributed by atoms with Crippen molar-refractivity contribution >= 4 is 44.2 Å². The number of halogens is 1. The SMILES string of the molecule is Nc1cccc(CCc2ccc(C(=O)CCNS(=O)(=O)c3ccc(I)cc3)cc2)n1. The smallest absolute Gasteiger partial charge is 0.240 e. The van der Waals surface area contributed by atoms with Crippen molar-refractivity contribution in [3.05, 3.63) is 87.1 Å². The average Bonchev–Trinajstić information content (AvgIpc) is 2.73. The Hall–Kier alpha value is -2.30. The Balaban J connectivity index is 1.50. The standard InChI is InChI=1S/C22H22IN3O3S/c23-18-9-12-20(13-10-18)30(28,29)25-15-14-21(27)17-7-4-16(5-8-17)6-11-19-2-1-3-22(24)26-19/h1-5,7-10,12-13,25H,6,11,14-15H2,(H2,24,26). The molecule has 0 saturated heterocycles. The second kappa shape index (κ2) is 10.1. The van der Waals surface area contributed by atoms with Crippen LogP contribution in [0.1, 0.15) is 28.0 Å². The van der Waals surface area contributed by atoms with Crippen LogP contribution >= 0.6 is 22.6 Å². The zero-order valence-electron chi connectivity index (χ0n) is 16.2. The van der Waals surface area contributed by atoms with E-state index in [2.05, 4.69) is 32.3 Å². The Kier molecular flexibility index (Phi) is 7.57. The molecule has 0 atom stereocenters. The van der Waals surface area contributed by atoms with Gasteiger partial charge in [0.05, 0.1) is 4.90 Å². The van der Waals surface area contributed by atoms with E-state index in [1.165, 1.54) is 0 Å². The van der Waals surface area contributed by atoms with Crippen molar-refractivity contribution in [3.63, 3.8) is 0 Å². The second-order valence-electron chi connectivity index (χ2n) is 6.78. The highest BCUT2D eigenvalue weighted by atomic mass is 127. The van der Waals surface area contributed by atoms with Crippen LogP contribution in [0.3, 0.4) is 0 Å². The first-order valence-corrected chi connectivity index (χ1v) is 12.0. The van der Waals surface area contributed by atoms with Crippen molar-refractivity contribution in [1.82, 2.24) is 9.71 Å². The fourth-order valence-electron chi connectivity index (χ4n) is 2.91. The Morgan fingerprint density at radius 1 is 0.967 bits per heavy atom. The number of benzene rings is 2. The van der Waals surface area contributed by atoms with Gasteiger partial charge in [0, 0.05) is 27.8 Å². The van der Waals surface area contributed by atoms with Gasteiger partial charge >= 0.3 is 0 Å². The lowest BCUT2D eigenvalue weighted by molar-refractivity contribution is 0.0984.